The van der Waals surface area contributed by atoms with Gasteiger partial charge in [0.05, 0.1) is 11.3 Å². The molecule has 0 bridgehead atoms. The number of hydrogen-bond donors (Lipinski definition) is 1. The summed E-state index contributed by atoms with van der Waals surface area (Å²) in [4.78, 5) is 15.5. The standard InChI is InChI=1S/C18H23BrN6O/c19-14-6-7-17(25-12-21-22-23-25)15(10-14)18(26)20-11-13-4-3-9-24-8-2-1-5-16(13)24/h6-7,10,12-13,16H,1-5,8-9,11H2,(H,20,26). The normalized spacial score (nSPS) is 23.4. The lowest BCUT2D eigenvalue weighted by molar-refractivity contribution is 0.0575. The number of nitrogens with one attached hydrogen (secondary N) is 1. The highest BCUT2D eigenvalue weighted by molar-refractivity contribution is 9.10. The van der Waals surface area contributed by atoms with E-state index in [1.165, 1.54) is 56.2 Å². The number of carbonyl (C=O) groups excluding carboxylic acids is 1. The molecule has 0 radical (unpaired) electrons. The van der Waals surface area contributed by atoms with Gasteiger partial charge < -0.3 is 10.2 Å². The second-order valence-electron chi connectivity index (χ2n) is 7.13. The van der Waals surface area contributed by atoms with Crippen molar-refractivity contribution in [1.29, 1.82) is 0 Å². The maximum atomic E-state index is 12.9. The first-order valence-electron chi connectivity index (χ1n) is 9.27. The van der Waals surface area contributed by atoms with E-state index in [-0.39, 0.29) is 5.91 Å². The Morgan fingerprint density at radius 3 is 2.96 bits per heavy atom. The molecule has 2 aromatic rings. The summed E-state index contributed by atoms with van der Waals surface area (Å²) < 4.78 is 2.38. The molecule has 1 aromatic carbocycles. The average Bonchev–Trinajstić information content (AvgIpc) is 3.20. The lowest BCUT2D eigenvalue weighted by Gasteiger charge is -2.44. The number of nitrogens with zero attached hydrogens (tertiary/aromatic N) is 5. The fourth-order valence-corrected chi connectivity index (χ4v) is 4.66. The zero-order valence-electron chi connectivity index (χ0n) is 14.6. The molecule has 2 atom stereocenters. The van der Waals surface area contributed by atoms with E-state index in [1.54, 1.807) is 0 Å². The Bertz CT molecular complexity index is 763. The smallest absolute Gasteiger partial charge is 0.253 e. The number of halogens is 1. The first-order chi connectivity index (χ1) is 12.7. The highest BCUT2D eigenvalue weighted by Gasteiger charge is 2.33. The summed E-state index contributed by atoms with van der Waals surface area (Å²) in [5, 5.41) is 14.4. The molecule has 0 spiro atoms. The molecule has 0 aliphatic carbocycles. The number of carbonyl (C=O) groups is 1. The van der Waals surface area contributed by atoms with E-state index >= 15 is 0 Å². The van der Waals surface area contributed by atoms with Gasteiger partial charge in [-0.25, -0.2) is 0 Å². The molecule has 7 nitrogen and oxygen atoms in total. The number of hydrogen-bond acceptors (Lipinski definition) is 5. The van der Waals surface area contributed by atoms with Crippen molar-refractivity contribution in [2.75, 3.05) is 19.6 Å². The molecule has 1 N–H and O–H groups in total. The van der Waals surface area contributed by atoms with E-state index in [9.17, 15) is 4.79 Å². The molecule has 0 saturated carbocycles. The number of rotatable bonds is 4. The number of fused-ring (bicyclic) bond motifs is 1. The largest absolute Gasteiger partial charge is 0.352 e. The van der Waals surface area contributed by atoms with Crippen LogP contribution >= 0.6 is 15.9 Å². The second-order valence-corrected chi connectivity index (χ2v) is 8.04. The molecule has 2 aliphatic heterocycles. The van der Waals surface area contributed by atoms with Crippen LogP contribution in [0.25, 0.3) is 5.69 Å². The predicted octanol–water partition coefficient (Wildman–Crippen LogP) is 2.42. The third-order valence-electron chi connectivity index (χ3n) is 5.55. The van der Waals surface area contributed by atoms with Crippen LogP contribution in [-0.2, 0) is 0 Å². The Balaban J connectivity index is 1.47. The minimum Gasteiger partial charge on any atom is -0.352 e. The van der Waals surface area contributed by atoms with Crippen molar-refractivity contribution in [2.45, 2.75) is 38.1 Å². The van der Waals surface area contributed by atoms with Crippen LogP contribution in [0.3, 0.4) is 0 Å². The topological polar surface area (TPSA) is 75.9 Å². The Morgan fingerprint density at radius 1 is 1.23 bits per heavy atom. The van der Waals surface area contributed by atoms with Crippen molar-refractivity contribution in [2.24, 2.45) is 5.92 Å². The van der Waals surface area contributed by atoms with Crippen molar-refractivity contribution in [3.63, 3.8) is 0 Å². The Labute approximate surface area is 161 Å². The highest BCUT2D eigenvalue weighted by Crippen LogP contribution is 2.30. The molecule has 2 fully saturated rings. The van der Waals surface area contributed by atoms with Gasteiger partial charge in [-0.1, -0.05) is 22.4 Å². The van der Waals surface area contributed by atoms with Crippen LogP contribution in [0.2, 0.25) is 0 Å². The zero-order chi connectivity index (χ0) is 17.9. The molecule has 2 aliphatic rings. The van der Waals surface area contributed by atoms with Gasteiger partial charge in [-0.2, -0.15) is 4.68 Å². The minimum atomic E-state index is -0.0790. The zero-order valence-corrected chi connectivity index (χ0v) is 16.2. The van der Waals surface area contributed by atoms with Crippen molar-refractivity contribution < 1.29 is 4.79 Å². The third-order valence-corrected chi connectivity index (χ3v) is 6.05. The van der Waals surface area contributed by atoms with Crippen LogP contribution in [0.15, 0.2) is 29.0 Å². The van der Waals surface area contributed by atoms with Gasteiger partial charge in [-0.05, 0) is 73.3 Å². The molecule has 1 aromatic heterocycles. The van der Waals surface area contributed by atoms with Gasteiger partial charge in [0.1, 0.15) is 6.33 Å². The van der Waals surface area contributed by atoms with Crippen LogP contribution in [0, 0.1) is 5.92 Å². The monoisotopic (exact) mass is 418 g/mol. The fourth-order valence-electron chi connectivity index (χ4n) is 4.30. The molecular weight excluding hydrogens is 396 g/mol. The maximum absolute atomic E-state index is 12.9. The maximum Gasteiger partial charge on any atom is 0.253 e. The van der Waals surface area contributed by atoms with E-state index in [0.717, 1.165) is 11.0 Å². The molecular formula is C18H23BrN6O. The SMILES string of the molecule is O=C(NCC1CCCN2CCCCC12)c1cc(Br)ccc1-n1cnnn1. The second kappa shape index (κ2) is 7.84. The van der Waals surface area contributed by atoms with E-state index in [1.807, 2.05) is 18.2 Å². The first-order valence-corrected chi connectivity index (χ1v) is 10.1. The van der Waals surface area contributed by atoms with Crippen LogP contribution in [0.5, 0.6) is 0 Å². The van der Waals surface area contributed by atoms with Gasteiger partial charge in [0.25, 0.3) is 5.91 Å². The molecule has 4 rings (SSSR count). The molecule has 26 heavy (non-hydrogen) atoms. The lowest BCUT2D eigenvalue weighted by atomic mass is 9.83. The van der Waals surface area contributed by atoms with E-state index in [4.69, 9.17) is 0 Å². The minimum absolute atomic E-state index is 0.0790. The van der Waals surface area contributed by atoms with Crippen LogP contribution in [0.4, 0.5) is 0 Å². The molecule has 2 unspecified atom stereocenters. The van der Waals surface area contributed by atoms with Crippen molar-refractivity contribution in [1.82, 2.24) is 30.4 Å². The number of piperidine rings is 2. The van der Waals surface area contributed by atoms with E-state index < -0.39 is 0 Å². The molecule has 138 valence electrons. The lowest BCUT2D eigenvalue weighted by Crippen LogP contribution is -2.51. The average molecular weight is 419 g/mol. The predicted molar refractivity (Wildman–Crippen MR) is 101 cm³/mol. The summed E-state index contributed by atoms with van der Waals surface area (Å²) >= 11 is 3.45. The van der Waals surface area contributed by atoms with E-state index in [2.05, 4.69) is 41.7 Å². The summed E-state index contributed by atoms with van der Waals surface area (Å²) in [7, 11) is 0. The molecule has 8 heteroatoms. The molecule has 3 heterocycles. The van der Waals surface area contributed by atoms with Gasteiger partial charge in [-0.3, -0.25) is 4.79 Å². The number of benzene rings is 1. The van der Waals surface area contributed by atoms with Gasteiger partial charge >= 0.3 is 0 Å². The number of aromatic nitrogens is 4. The fraction of sp³-hybridized carbons (Fsp3) is 0.556. The first kappa shape index (κ1) is 17.6. The number of amides is 1. The summed E-state index contributed by atoms with van der Waals surface area (Å²) in [5.74, 6) is 0.460. The van der Waals surface area contributed by atoms with Crippen molar-refractivity contribution >= 4 is 21.8 Å². The van der Waals surface area contributed by atoms with Gasteiger partial charge in [0, 0.05) is 17.1 Å². The highest BCUT2D eigenvalue weighted by atomic mass is 79.9. The Morgan fingerprint density at radius 2 is 2.12 bits per heavy atom. The van der Waals surface area contributed by atoms with Gasteiger partial charge in [-0.15, -0.1) is 5.10 Å². The summed E-state index contributed by atoms with van der Waals surface area (Å²) in [6.07, 6.45) is 7.79. The molecule has 2 saturated heterocycles. The Kier molecular flexibility index (Phi) is 5.31. The van der Waals surface area contributed by atoms with Crippen molar-refractivity contribution in [3.05, 3.63) is 34.6 Å². The van der Waals surface area contributed by atoms with E-state index in [0.29, 0.717) is 23.2 Å². The molecule has 1 amide bonds. The third kappa shape index (κ3) is 3.66. The van der Waals surface area contributed by atoms with Gasteiger partial charge in [0.15, 0.2) is 0 Å². The summed E-state index contributed by atoms with van der Waals surface area (Å²) in [6.45, 7) is 3.15. The summed E-state index contributed by atoms with van der Waals surface area (Å²) in [5.41, 5.74) is 1.25. The summed E-state index contributed by atoms with van der Waals surface area (Å²) in [6, 6.07) is 6.17. The quantitative estimate of drug-likeness (QED) is 0.824. The Hall–Kier alpha value is -1.80. The van der Waals surface area contributed by atoms with Crippen molar-refractivity contribution in [3.8, 4) is 5.69 Å². The van der Waals surface area contributed by atoms with Crippen LogP contribution in [-0.4, -0.2) is 56.7 Å². The van der Waals surface area contributed by atoms with Crippen LogP contribution < -0.4 is 5.32 Å². The number of tetrazole rings is 1. The van der Waals surface area contributed by atoms with Crippen LogP contribution in [0.1, 0.15) is 42.5 Å². The van der Waals surface area contributed by atoms with Gasteiger partial charge in [0.2, 0.25) is 0 Å².